The molecule has 0 aromatic carbocycles. The van der Waals surface area contributed by atoms with Gasteiger partial charge in [0.1, 0.15) is 0 Å². The fourth-order valence-corrected chi connectivity index (χ4v) is 0.877. The van der Waals surface area contributed by atoms with Crippen LogP contribution < -0.4 is 10.6 Å². The van der Waals surface area contributed by atoms with Crippen LogP contribution in [-0.4, -0.2) is 26.2 Å². The standard InChI is InChI=1S/C9H16N4/c10-4-1-6-12-8-3-9-13-7-2-5-11/h12-13H,1-3,6-9H2. The second kappa shape index (κ2) is 10.9. The van der Waals surface area contributed by atoms with E-state index in [0.717, 1.165) is 32.6 Å². The van der Waals surface area contributed by atoms with E-state index in [1.165, 1.54) is 0 Å². The van der Waals surface area contributed by atoms with Gasteiger partial charge in [-0.3, -0.25) is 0 Å². The number of hydrogen-bond donors (Lipinski definition) is 2. The van der Waals surface area contributed by atoms with Gasteiger partial charge >= 0.3 is 0 Å². The lowest BCUT2D eigenvalue weighted by molar-refractivity contribution is 0.603. The van der Waals surface area contributed by atoms with Crippen molar-refractivity contribution < 1.29 is 0 Å². The van der Waals surface area contributed by atoms with Crippen LogP contribution in [0.25, 0.3) is 0 Å². The van der Waals surface area contributed by atoms with Crippen LogP contribution in [0, 0.1) is 22.7 Å². The van der Waals surface area contributed by atoms with E-state index in [2.05, 4.69) is 22.8 Å². The van der Waals surface area contributed by atoms with Gasteiger partial charge in [-0.2, -0.15) is 10.5 Å². The van der Waals surface area contributed by atoms with Gasteiger partial charge in [0, 0.05) is 25.9 Å². The van der Waals surface area contributed by atoms with Crippen LogP contribution in [0.5, 0.6) is 0 Å². The molecule has 13 heavy (non-hydrogen) atoms. The van der Waals surface area contributed by atoms with Crippen molar-refractivity contribution >= 4 is 0 Å². The molecule has 0 aliphatic heterocycles. The smallest absolute Gasteiger partial charge is 0.0635 e. The molecule has 4 nitrogen and oxygen atoms in total. The van der Waals surface area contributed by atoms with Crippen LogP contribution in [0.4, 0.5) is 0 Å². The highest BCUT2D eigenvalue weighted by molar-refractivity contribution is 4.71. The summed E-state index contributed by atoms with van der Waals surface area (Å²) in [6.45, 7) is 3.41. The average molecular weight is 180 g/mol. The summed E-state index contributed by atoms with van der Waals surface area (Å²) < 4.78 is 0. The van der Waals surface area contributed by atoms with Crippen molar-refractivity contribution in [2.75, 3.05) is 26.2 Å². The zero-order valence-electron chi connectivity index (χ0n) is 7.84. The molecule has 0 saturated carbocycles. The topological polar surface area (TPSA) is 71.6 Å². The molecule has 0 fully saturated rings. The van der Waals surface area contributed by atoms with Gasteiger partial charge < -0.3 is 10.6 Å². The molecule has 0 aliphatic carbocycles. The van der Waals surface area contributed by atoms with Crippen molar-refractivity contribution in [1.82, 2.24) is 10.6 Å². The van der Waals surface area contributed by atoms with E-state index in [0.29, 0.717) is 12.8 Å². The second-order valence-corrected chi connectivity index (χ2v) is 2.67. The van der Waals surface area contributed by atoms with Crippen molar-refractivity contribution in [2.45, 2.75) is 19.3 Å². The van der Waals surface area contributed by atoms with Crippen LogP contribution in [0.15, 0.2) is 0 Å². The highest BCUT2D eigenvalue weighted by atomic mass is 14.9. The van der Waals surface area contributed by atoms with Crippen LogP contribution in [0.1, 0.15) is 19.3 Å². The summed E-state index contributed by atoms with van der Waals surface area (Å²) in [6.07, 6.45) is 2.18. The minimum atomic E-state index is 0.571. The van der Waals surface area contributed by atoms with E-state index < -0.39 is 0 Å². The first-order valence-corrected chi connectivity index (χ1v) is 4.57. The van der Waals surface area contributed by atoms with E-state index in [4.69, 9.17) is 10.5 Å². The molecule has 0 unspecified atom stereocenters. The fraction of sp³-hybridized carbons (Fsp3) is 0.778. The van der Waals surface area contributed by atoms with Gasteiger partial charge in [-0.1, -0.05) is 0 Å². The quantitative estimate of drug-likeness (QED) is 0.530. The van der Waals surface area contributed by atoms with Crippen molar-refractivity contribution in [1.29, 1.82) is 10.5 Å². The van der Waals surface area contributed by atoms with E-state index >= 15 is 0 Å². The molecule has 4 heteroatoms. The van der Waals surface area contributed by atoms with Crippen LogP contribution in [-0.2, 0) is 0 Å². The van der Waals surface area contributed by atoms with Crippen molar-refractivity contribution in [3.8, 4) is 12.1 Å². The molecule has 72 valence electrons. The van der Waals surface area contributed by atoms with E-state index in [1.54, 1.807) is 0 Å². The molecule has 0 aromatic heterocycles. The Labute approximate surface area is 79.5 Å². The predicted molar refractivity (Wildman–Crippen MR) is 50.8 cm³/mol. The summed E-state index contributed by atoms with van der Waals surface area (Å²) in [5, 5.41) is 22.8. The zero-order chi connectivity index (χ0) is 9.78. The normalized spacial score (nSPS) is 9.08. The Balaban J connectivity index is 2.85. The molecule has 2 N–H and O–H groups in total. The van der Waals surface area contributed by atoms with Gasteiger partial charge in [-0.25, -0.2) is 0 Å². The maximum atomic E-state index is 8.23. The third-order valence-electron chi connectivity index (χ3n) is 1.53. The first-order chi connectivity index (χ1) is 6.41. The van der Waals surface area contributed by atoms with Crippen molar-refractivity contribution in [3.63, 3.8) is 0 Å². The van der Waals surface area contributed by atoms with Gasteiger partial charge in [0.2, 0.25) is 0 Å². The maximum absolute atomic E-state index is 8.23. The Morgan fingerprint density at radius 3 is 1.62 bits per heavy atom. The Kier molecular flexibility index (Phi) is 9.98. The minimum absolute atomic E-state index is 0.571. The molecular formula is C9H16N4. The first-order valence-electron chi connectivity index (χ1n) is 4.57. The molecule has 0 amide bonds. The Hall–Kier alpha value is -1.10. The zero-order valence-corrected chi connectivity index (χ0v) is 7.84. The number of rotatable bonds is 8. The van der Waals surface area contributed by atoms with Crippen LogP contribution in [0.2, 0.25) is 0 Å². The lowest BCUT2D eigenvalue weighted by Gasteiger charge is -2.02. The molecule has 0 atom stereocenters. The summed E-state index contributed by atoms with van der Waals surface area (Å²) in [5.74, 6) is 0. The lowest BCUT2D eigenvalue weighted by Crippen LogP contribution is -2.23. The molecule has 0 saturated heterocycles. The Morgan fingerprint density at radius 2 is 1.23 bits per heavy atom. The highest BCUT2D eigenvalue weighted by Gasteiger charge is 1.88. The summed E-state index contributed by atoms with van der Waals surface area (Å²) in [4.78, 5) is 0. The molecular weight excluding hydrogens is 164 g/mol. The van der Waals surface area contributed by atoms with Crippen molar-refractivity contribution in [2.24, 2.45) is 0 Å². The van der Waals surface area contributed by atoms with Gasteiger partial charge in [-0.15, -0.1) is 0 Å². The number of nitrogens with zero attached hydrogens (tertiary/aromatic N) is 2. The Morgan fingerprint density at radius 1 is 0.769 bits per heavy atom. The number of hydrogen-bond acceptors (Lipinski definition) is 4. The van der Waals surface area contributed by atoms with Crippen LogP contribution in [0.3, 0.4) is 0 Å². The molecule has 0 bridgehead atoms. The summed E-state index contributed by atoms with van der Waals surface area (Å²) in [7, 11) is 0. The van der Waals surface area contributed by atoms with E-state index in [-0.39, 0.29) is 0 Å². The third kappa shape index (κ3) is 10.9. The van der Waals surface area contributed by atoms with Gasteiger partial charge in [0.05, 0.1) is 12.1 Å². The number of nitriles is 2. The maximum Gasteiger partial charge on any atom is 0.0635 e. The van der Waals surface area contributed by atoms with Crippen LogP contribution >= 0.6 is 0 Å². The predicted octanol–water partition coefficient (Wildman–Crippen LogP) is 0.383. The molecule has 0 aliphatic rings. The van der Waals surface area contributed by atoms with E-state index in [9.17, 15) is 0 Å². The molecule has 0 heterocycles. The summed E-state index contributed by atoms with van der Waals surface area (Å²) >= 11 is 0. The van der Waals surface area contributed by atoms with Gasteiger partial charge in [0.15, 0.2) is 0 Å². The second-order valence-electron chi connectivity index (χ2n) is 2.67. The number of nitrogens with one attached hydrogen (secondary N) is 2. The molecule has 0 aromatic rings. The molecule has 0 radical (unpaired) electrons. The lowest BCUT2D eigenvalue weighted by atomic mass is 10.4. The summed E-state index contributed by atoms with van der Waals surface area (Å²) in [5.41, 5.74) is 0. The summed E-state index contributed by atoms with van der Waals surface area (Å²) in [6, 6.07) is 4.14. The third-order valence-corrected chi connectivity index (χ3v) is 1.53. The average Bonchev–Trinajstić information content (AvgIpc) is 2.16. The fourth-order valence-electron chi connectivity index (χ4n) is 0.877. The first kappa shape index (κ1) is 11.9. The Bertz CT molecular complexity index is 157. The monoisotopic (exact) mass is 180 g/mol. The molecule has 0 spiro atoms. The molecule has 0 rings (SSSR count). The largest absolute Gasteiger partial charge is 0.316 e. The van der Waals surface area contributed by atoms with Gasteiger partial charge in [-0.05, 0) is 19.5 Å². The minimum Gasteiger partial charge on any atom is -0.316 e. The highest BCUT2D eigenvalue weighted by Crippen LogP contribution is 1.76. The SMILES string of the molecule is N#CCCNCCCNCCC#N. The van der Waals surface area contributed by atoms with Crippen molar-refractivity contribution in [3.05, 3.63) is 0 Å². The van der Waals surface area contributed by atoms with Gasteiger partial charge in [0.25, 0.3) is 0 Å². The van der Waals surface area contributed by atoms with E-state index in [1.807, 2.05) is 0 Å².